The Bertz CT molecular complexity index is 379. The lowest BCUT2D eigenvalue weighted by molar-refractivity contribution is -0.177. The molecule has 0 fully saturated rings. The van der Waals surface area contributed by atoms with Gasteiger partial charge in [-0.05, 0) is 49.9 Å². The molecule has 0 amide bonds. The SMILES string of the molecule is CC(C)CCC(CCC(C)C)(C(=O)O)C(=O)OC(C)C(C)(C)C. The van der Waals surface area contributed by atoms with E-state index in [9.17, 15) is 14.7 Å². The van der Waals surface area contributed by atoms with Gasteiger partial charge in [-0.3, -0.25) is 9.59 Å². The Hall–Kier alpha value is -1.06. The molecule has 0 saturated heterocycles. The van der Waals surface area contributed by atoms with Gasteiger partial charge in [0, 0.05) is 0 Å². The first-order valence-electron chi connectivity index (χ1n) is 8.77. The third kappa shape index (κ3) is 6.92. The normalized spacial score (nSPS) is 14.2. The number of carbonyl (C=O) groups is 2. The summed E-state index contributed by atoms with van der Waals surface area (Å²) in [6.45, 7) is 15.9. The van der Waals surface area contributed by atoms with E-state index in [4.69, 9.17) is 4.74 Å². The number of aliphatic carboxylic acids is 1. The van der Waals surface area contributed by atoms with E-state index >= 15 is 0 Å². The summed E-state index contributed by atoms with van der Waals surface area (Å²) in [6.07, 6.45) is 1.74. The second kappa shape index (κ2) is 8.70. The molecule has 23 heavy (non-hydrogen) atoms. The first-order valence-corrected chi connectivity index (χ1v) is 8.77. The lowest BCUT2D eigenvalue weighted by atomic mass is 9.76. The first kappa shape index (κ1) is 21.9. The van der Waals surface area contributed by atoms with Crippen LogP contribution in [-0.2, 0) is 14.3 Å². The van der Waals surface area contributed by atoms with Crippen molar-refractivity contribution in [3.05, 3.63) is 0 Å². The molecule has 1 atom stereocenters. The number of ether oxygens (including phenoxy) is 1. The molecule has 4 heteroatoms. The Morgan fingerprint density at radius 1 is 0.913 bits per heavy atom. The standard InChI is InChI=1S/C19H36O4/c1-13(2)9-11-19(16(20)21,12-10-14(3)4)17(22)23-15(5)18(6,7)8/h13-15H,9-12H2,1-8H3,(H,20,21). The maximum Gasteiger partial charge on any atom is 0.323 e. The van der Waals surface area contributed by atoms with Crippen molar-refractivity contribution < 1.29 is 19.4 Å². The zero-order valence-electron chi connectivity index (χ0n) is 16.2. The van der Waals surface area contributed by atoms with E-state index in [1.165, 1.54) is 0 Å². The topological polar surface area (TPSA) is 63.6 Å². The Morgan fingerprint density at radius 2 is 1.30 bits per heavy atom. The number of carboxylic acids is 1. The number of hydrogen-bond acceptors (Lipinski definition) is 3. The summed E-state index contributed by atoms with van der Waals surface area (Å²) in [7, 11) is 0. The molecule has 0 saturated carbocycles. The van der Waals surface area contributed by atoms with E-state index < -0.39 is 17.4 Å². The highest BCUT2D eigenvalue weighted by Crippen LogP contribution is 2.36. The predicted octanol–water partition coefficient (Wildman–Crippen LogP) is 4.91. The smallest absolute Gasteiger partial charge is 0.323 e. The van der Waals surface area contributed by atoms with Crippen LogP contribution in [0.3, 0.4) is 0 Å². The van der Waals surface area contributed by atoms with E-state index in [1.54, 1.807) is 0 Å². The summed E-state index contributed by atoms with van der Waals surface area (Å²) >= 11 is 0. The van der Waals surface area contributed by atoms with Gasteiger partial charge in [0.2, 0.25) is 0 Å². The zero-order valence-corrected chi connectivity index (χ0v) is 16.2. The van der Waals surface area contributed by atoms with Gasteiger partial charge in [0.15, 0.2) is 5.41 Å². The molecule has 0 bridgehead atoms. The van der Waals surface area contributed by atoms with Gasteiger partial charge in [0.05, 0.1) is 0 Å². The molecule has 0 radical (unpaired) electrons. The molecule has 0 aliphatic carbocycles. The van der Waals surface area contributed by atoms with Crippen LogP contribution in [0.15, 0.2) is 0 Å². The van der Waals surface area contributed by atoms with Gasteiger partial charge in [-0.1, -0.05) is 48.5 Å². The Morgan fingerprint density at radius 3 is 1.57 bits per heavy atom. The highest BCUT2D eigenvalue weighted by Gasteiger charge is 2.48. The van der Waals surface area contributed by atoms with E-state index in [1.807, 2.05) is 55.4 Å². The number of esters is 1. The lowest BCUT2D eigenvalue weighted by Crippen LogP contribution is -2.44. The van der Waals surface area contributed by atoms with Gasteiger partial charge in [-0.25, -0.2) is 0 Å². The van der Waals surface area contributed by atoms with Gasteiger partial charge in [0.1, 0.15) is 6.10 Å². The summed E-state index contributed by atoms with van der Waals surface area (Å²) in [5.41, 5.74) is -1.63. The average Bonchev–Trinajstić information content (AvgIpc) is 2.36. The minimum Gasteiger partial charge on any atom is -0.480 e. The minimum absolute atomic E-state index is 0.212. The van der Waals surface area contributed by atoms with Gasteiger partial charge < -0.3 is 9.84 Å². The van der Waals surface area contributed by atoms with Crippen molar-refractivity contribution >= 4 is 11.9 Å². The fraction of sp³-hybridized carbons (Fsp3) is 0.895. The second-order valence-corrected chi connectivity index (χ2v) is 8.67. The molecule has 0 aliphatic rings. The third-order valence-electron chi connectivity index (χ3n) is 4.60. The zero-order chi connectivity index (χ0) is 18.4. The van der Waals surface area contributed by atoms with Gasteiger partial charge in [-0.2, -0.15) is 0 Å². The summed E-state index contributed by atoms with van der Waals surface area (Å²) < 4.78 is 5.59. The molecule has 0 spiro atoms. The molecule has 1 N–H and O–H groups in total. The molecule has 0 heterocycles. The van der Waals surface area contributed by atoms with E-state index in [0.717, 1.165) is 0 Å². The van der Waals surface area contributed by atoms with Crippen LogP contribution in [0, 0.1) is 22.7 Å². The highest BCUT2D eigenvalue weighted by molar-refractivity contribution is 5.99. The van der Waals surface area contributed by atoms with Crippen molar-refractivity contribution in [1.29, 1.82) is 0 Å². The second-order valence-electron chi connectivity index (χ2n) is 8.67. The van der Waals surface area contributed by atoms with Gasteiger partial charge in [-0.15, -0.1) is 0 Å². The van der Waals surface area contributed by atoms with Crippen LogP contribution in [0.5, 0.6) is 0 Å². The fourth-order valence-corrected chi connectivity index (χ4v) is 2.15. The van der Waals surface area contributed by atoms with Gasteiger partial charge in [0.25, 0.3) is 0 Å². The fourth-order valence-electron chi connectivity index (χ4n) is 2.15. The molecular weight excluding hydrogens is 292 g/mol. The van der Waals surface area contributed by atoms with Crippen molar-refractivity contribution in [1.82, 2.24) is 0 Å². The maximum atomic E-state index is 12.8. The van der Waals surface area contributed by atoms with Crippen molar-refractivity contribution in [3.63, 3.8) is 0 Å². The maximum absolute atomic E-state index is 12.8. The Kier molecular flexibility index (Phi) is 8.30. The molecule has 4 nitrogen and oxygen atoms in total. The summed E-state index contributed by atoms with van der Waals surface area (Å²) in [4.78, 5) is 24.8. The number of carbonyl (C=O) groups excluding carboxylic acids is 1. The molecule has 0 aromatic heterocycles. The lowest BCUT2D eigenvalue weighted by Gasteiger charge is -2.33. The summed E-state index contributed by atoms with van der Waals surface area (Å²) in [5.74, 6) is -0.931. The largest absolute Gasteiger partial charge is 0.480 e. The highest BCUT2D eigenvalue weighted by atomic mass is 16.5. The van der Waals surface area contributed by atoms with Crippen molar-refractivity contribution in [2.45, 2.75) is 87.2 Å². The van der Waals surface area contributed by atoms with Gasteiger partial charge >= 0.3 is 11.9 Å². The third-order valence-corrected chi connectivity index (χ3v) is 4.60. The quantitative estimate of drug-likeness (QED) is 0.482. The predicted molar refractivity (Wildman–Crippen MR) is 93.2 cm³/mol. The van der Waals surface area contributed by atoms with E-state index in [2.05, 4.69) is 0 Å². The van der Waals surface area contributed by atoms with E-state index in [0.29, 0.717) is 37.5 Å². The van der Waals surface area contributed by atoms with Crippen LogP contribution in [-0.4, -0.2) is 23.1 Å². The summed E-state index contributed by atoms with van der Waals surface area (Å²) in [6, 6.07) is 0. The number of rotatable bonds is 9. The van der Waals surface area contributed by atoms with Crippen molar-refractivity contribution in [2.24, 2.45) is 22.7 Å². The number of hydrogen-bond donors (Lipinski definition) is 1. The monoisotopic (exact) mass is 328 g/mol. The molecule has 1 unspecified atom stereocenters. The van der Waals surface area contributed by atoms with Crippen LogP contribution in [0.4, 0.5) is 0 Å². The average molecular weight is 328 g/mol. The van der Waals surface area contributed by atoms with Crippen LogP contribution in [0.1, 0.15) is 81.1 Å². The molecule has 0 aromatic rings. The molecule has 0 aliphatic heterocycles. The van der Waals surface area contributed by atoms with Crippen molar-refractivity contribution in [3.8, 4) is 0 Å². The number of carboxylic acid groups (broad SMARTS) is 1. The van der Waals surface area contributed by atoms with Crippen molar-refractivity contribution in [2.75, 3.05) is 0 Å². The molecule has 136 valence electrons. The van der Waals surface area contributed by atoms with Crippen LogP contribution in [0.2, 0.25) is 0 Å². The molecule has 0 rings (SSSR count). The van der Waals surface area contributed by atoms with Crippen LogP contribution >= 0.6 is 0 Å². The summed E-state index contributed by atoms with van der Waals surface area (Å²) in [5, 5.41) is 9.83. The minimum atomic E-state index is -1.42. The first-order chi connectivity index (χ1) is 10.3. The van der Waals surface area contributed by atoms with E-state index in [-0.39, 0.29) is 11.5 Å². The molecule has 0 aromatic carbocycles. The van der Waals surface area contributed by atoms with Crippen LogP contribution in [0.25, 0.3) is 0 Å². The molecular formula is C19H36O4. The Labute approximate surface area is 142 Å². The van der Waals surface area contributed by atoms with Crippen LogP contribution < -0.4 is 0 Å². The Balaban J connectivity index is 5.42.